The molecule has 116 valence electrons. The molecule has 1 fully saturated rings. The molecule has 1 atom stereocenters. The molecule has 1 amide bonds. The van der Waals surface area contributed by atoms with Gasteiger partial charge in [-0.1, -0.05) is 36.8 Å². The fourth-order valence-corrected chi connectivity index (χ4v) is 4.64. The first-order chi connectivity index (χ1) is 10.5. The van der Waals surface area contributed by atoms with Gasteiger partial charge in [0.1, 0.15) is 6.04 Å². The minimum absolute atomic E-state index is 0.208. The summed E-state index contributed by atoms with van der Waals surface area (Å²) in [5, 5.41) is 1.84. The highest BCUT2D eigenvalue weighted by molar-refractivity contribution is 7.89. The summed E-state index contributed by atoms with van der Waals surface area (Å²) >= 11 is 0. The Labute approximate surface area is 129 Å². The number of rotatable bonds is 3. The van der Waals surface area contributed by atoms with E-state index in [0.29, 0.717) is 13.0 Å². The van der Waals surface area contributed by atoms with Gasteiger partial charge in [0.25, 0.3) is 0 Å². The second kappa shape index (κ2) is 5.70. The van der Waals surface area contributed by atoms with Gasteiger partial charge >= 0.3 is 0 Å². The second-order valence-electron chi connectivity index (χ2n) is 5.54. The predicted molar refractivity (Wildman–Crippen MR) is 84.7 cm³/mol. The molecule has 22 heavy (non-hydrogen) atoms. The van der Waals surface area contributed by atoms with Crippen LogP contribution in [-0.4, -0.2) is 31.2 Å². The van der Waals surface area contributed by atoms with Gasteiger partial charge in [0.05, 0.1) is 4.90 Å². The number of nitrogens with zero attached hydrogens (tertiary/aromatic N) is 1. The Morgan fingerprint density at radius 2 is 1.82 bits per heavy atom. The van der Waals surface area contributed by atoms with Gasteiger partial charge in [-0.25, -0.2) is 8.42 Å². The molecule has 6 heteroatoms. The normalized spacial score (nSPS) is 20.1. The van der Waals surface area contributed by atoms with Crippen LogP contribution in [0.1, 0.15) is 19.3 Å². The molecule has 0 unspecified atom stereocenters. The van der Waals surface area contributed by atoms with Crippen LogP contribution in [-0.2, 0) is 14.8 Å². The monoisotopic (exact) mass is 318 g/mol. The SMILES string of the molecule is NC(=O)[C@@H]1CCCCN1S(=O)(=O)c1ccc2ccccc2c1. The van der Waals surface area contributed by atoms with Crippen LogP contribution in [0.15, 0.2) is 47.4 Å². The Kier molecular flexibility index (Phi) is 3.88. The van der Waals surface area contributed by atoms with Crippen LogP contribution in [0.3, 0.4) is 0 Å². The van der Waals surface area contributed by atoms with Crippen LogP contribution >= 0.6 is 0 Å². The van der Waals surface area contributed by atoms with Gasteiger partial charge in [-0.05, 0) is 35.7 Å². The zero-order valence-electron chi connectivity index (χ0n) is 12.1. The second-order valence-corrected chi connectivity index (χ2v) is 7.43. The van der Waals surface area contributed by atoms with Crippen LogP contribution < -0.4 is 5.73 Å². The van der Waals surface area contributed by atoms with Crippen molar-refractivity contribution in [2.24, 2.45) is 5.73 Å². The molecule has 2 aromatic rings. The first-order valence-corrected chi connectivity index (χ1v) is 8.74. The molecule has 2 aromatic carbocycles. The van der Waals surface area contributed by atoms with E-state index in [0.717, 1.165) is 23.6 Å². The summed E-state index contributed by atoms with van der Waals surface area (Å²) in [6.45, 7) is 0.336. The molecule has 1 saturated heterocycles. The van der Waals surface area contributed by atoms with Crippen molar-refractivity contribution in [1.82, 2.24) is 4.31 Å². The average molecular weight is 318 g/mol. The van der Waals surface area contributed by atoms with Gasteiger partial charge in [0.15, 0.2) is 0 Å². The van der Waals surface area contributed by atoms with Crippen LogP contribution in [0, 0.1) is 0 Å². The Bertz CT molecular complexity index is 817. The molecule has 1 heterocycles. The lowest BCUT2D eigenvalue weighted by Crippen LogP contribution is -2.50. The third kappa shape index (κ3) is 2.60. The van der Waals surface area contributed by atoms with Crippen LogP contribution in [0.5, 0.6) is 0 Å². The Balaban J connectivity index is 2.04. The van der Waals surface area contributed by atoms with E-state index in [9.17, 15) is 13.2 Å². The van der Waals surface area contributed by atoms with Gasteiger partial charge in [-0.2, -0.15) is 4.31 Å². The lowest BCUT2D eigenvalue weighted by atomic mass is 10.0. The number of benzene rings is 2. The maximum atomic E-state index is 12.9. The lowest BCUT2D eigenvalue weighted by Gasteiger charge is -2.32. The number of amides is 1. The summed E-state index contributed by atoms with van der Waals surface area (Å²) in [6, 6.07) is 11.9. The molecular formula is C16H18N2O3S. The van der Waals surface area contributed by atoms with Crippen molar-refractivity contribution >= 4 is 26.7 Å². The molecule has 2 N–H and O–H groups in total. The van der Waals surface area contributed by atoms with Crippen LogP contribution in [0.25, 0.3) is 10.8 Å². The highest BCUT2D eigenvalue weighted by Gasteiger charge is 2.36. The van der Waals surface area contributed by atoms with E-state index in [2.05, 4.69) is 0 Å². The van der Waals surface area contributed by atoms with Crippen molar-refractivity contribution in [3.63, 3.8) is 0 Å². The van der Waals surface area contributed by atoms with Crippen LogP contribution in [0.4, 0.5) is 0 Å². The van der Waals surface area contributed by atoms with Gasteiger partial charge in [-0.15, -0.1) is 0 Å². The molecule has 0 radical (unpaired) electrons. The summed E-state index contributed by atoms with van der Waals surface area (Å²) in [4.78, 5) is 11.8. The number of nitrogens with two attached hydrogens (primary N) is 1. The zero-order valence-corrected chi connectivity index (χ0v) is 12.9. The molecule has 0 spiro atoms. The van der Waals surface area contributed by atoms with Gasteiger partial charge in [0.2, 0.25) is 15.9 Å². The van der Waals surface area contributed by atoms with Crippen molar-refractivity contribution in [2.75, 3.05) is 6.54 Å². The third-order valence-corrected chi connectivity index (χ3v) is 6.01. The summed E-state index contributed by atoms with van der Waals surface area (Å²) in [7, 11) is -3.72. The number of sulfonamides is 1. The summed E-state index contributed by atoms with van der Waals surface area (Å²) in [6.07, 6.45) is 2.05. The van der Waals surface area contributed by atoms with Crippen molar-refractivity contribution in [1.29, 1.82) is 0 Å². The number of carbonyl (C=O) groups excluding carboxylic acids is 1. The standard InChI is InChI=1S/C16H18N2O3S/c17-16(19)15-7-3-4-10-18(15)22(20,21)14-9-8-12-5-1-2-6-13(12)11-14/h1-2,5-6,8-9,11,15H,3-4,7,10H2,(H2,17,19)/t15-/m0/s1. The van der Waals surface area contributed by atoms with E-state index in [1.54, 1.807) is 18.2 Å². The van der Waals surface area contributed by atoms with E-state index in [1.807, 2.05) is 24.3 Å². The summed E-state index contributed by atoms with van der Waals surface area (Å²) < 4.78 is 27.0. The van der Waals surface area contributed by atoms with Crippen molar-refractivity contribution in [3.05, 3.63) is 42.5 Å². The van der Waals surface area contributed by atoms with E-state index in [4.69, 9.17) is 5.73 Å². The lowest BCUT2D eigenvalue weighted by molar-refractivity contribution is -0.122. The van der Waals surface area contributed by atoms with Crippen molar-refractivity contribution in [2.45, 2.75) is 30.2 Å². The van der Waals surface area contributed by atoms with Gasteiger partial charge in [-0.3, -0.25) is 4.79 Å². The van der Waals surface area contributed by atoms with E-state index in [1.165, 1.54) is 4.31 Å². The molecule has 1 aliphatic heterocycles. The summed E-state index contributed by atoms with van der Waals surface area (Å²) in [5.74, 6) is -0.580. The third-order valence-electron chi connectivity index (χ3n) is 4.11. The number of hydrogen-bond acceptors (Lipinski definition) is 3. The fourth-order valence-electron chi connectivity index (χ4n) is 2.94. The quantitative estimate of drug-likeness (QED) is 0.938. The number of primary amides is 1. The van der Waals surface area contributed by atoms with E-state index < -0.39 is 22.0 Å². The fraction of sp³-hybridized carbons (Fsp3) is 0.312. The molecule has 5 nitrogen and oxygen atoms in total. The number of fused-ring (bicyclic) bond motifs is 1. The molecule has 0 aromatic heterocycles. The highest BCUT2D eigenvalue weighted by atomic mass is 32.2. The van der Waals surface area contributed by atoms with Crippen molar-refractivity contribution in [3.8, 4) is 0 Å². The van der Waals surface area contributed by atoms with Crippen LogP contribution in [0.2, 0.25) is 0 Å². The highest BCUT2D eigenvalue weighted by Crippen LogP contribution is 2.27. The molecule has 3 rings (SSSR count). The zero-order chi connectivity index (χ0) is 15.7. The number of hydrogen-bond donors (Lipinski definition) is 1. The Morgan fingerprint density at radius 3 is 2.55 bits per heavy atom. The predicted octanol–water partition coefficient (Wildman–Crippen LogP) is 1.87. The van der Waals surface area contributed by atoms with Crippen molar-refractivity contribution < 1.29 is 13.2 Å². The van der Waals surface area contributed by atoms with Gasteiger partial charge < -0.3 is 5.73 Å². The average Bonchev–Trinajstić information content (AvgIpc) is 2.54. The first kappa shape index (κ1) is 15.0. The minimum atomic E-state index is -3.72. The topological polar surface area (TPSA) is 80.5 Å². The molecular weight excluding hydrogens is 300 g/mol. The smallest absolute Gasteiger partial charge is 0.243 e. The molecule has 1 aliphatic rings. The molecule has 0 saturated carbocycles. The maximum Gasteiger partial charge on any atom is 0.243 e. The van der Waals surface area contributed by atoms with E-state index >= 15 is 0 Å². The molecule has 0 bridgehead atoms. The van der Waals surface area contributed by atoms with Gasteiger partial charge in [0, 0.05) is 6.54 Å². The number of carbonyl (C=O) groups is 1. The Hall–Kier alpha value is -1.92. The molecule has 0 aliphatic carbocycles. The van der Waals surface area contributed by atoms with E-state index in [-0.39, 0.29) is 4.90 Å². The Morgan fingerprint density at radius 1 is 1.09 bits per heavy atom. The number of piperidine rings is 1. The first-order valence-electron chi connectivity index (χ1n) is 7.30. The maximum absolute atomic E-state index is 12.9. The largest absolute Gasteiger partial charge is 0.368 e. The summed E-state index contributed by atoms with van der Waals surface area (Å²) in [5.41, 5.74) is 5.38. The minimum Gasteiger partial charge on any atom is -0.368 e.